The molecule has 0 radical (unpaired) electrons. The number of nitrogens with zero attached hydrogens (tertiary/aromatic N) is 1. The Bertz CT molecular complexity index is 1400. The van der Waals surface area contributed by atoms with Gasteiger partial charge in [0.25, 0.3) is 5.91 Å². The molecule has 36 heavy (non-hydrogen) atoms. The fourth-order valence-electron chi connectivity index (χ4n) is 3.28. The highest BCUT2D eigenvalue weighted by atomic mass is 35.5. The van der Waals surface area contributed by atoms with E-state index in [4.69, 9.17) is 23.2 Å². The van der Waals surface area contributed by atoms with Crippen LogP contribution in [0.5, 0.6) is 0 Å². The molecule has 0 bridgehead atoms. The van der Waals surface area contributed by atoms with Crippen LogP contribution < -0.4 is 10.6 Å². The smallest absolute Gasteiger partial charge is 0.255 e. The van der Waals surface area contributed by atoms with Crippen molar-refractivity contribution in [2.75, 3.05) is 10.6 Å². The number of halogens is 3. The van der Waals surface area contributed by atoms with E-state index in [1.807, 2.05) is 18.4 Å². The molecular formula is C26H20Cl2FN3O2S2. The van der Waals surface area contributed by atoms with E-state index < -0.39 is 5.82 Å². The quantitative estimate of drug-likeness (QED) is 0.214. The van der Waals surface area contributed by atoms with E-state index in [1.54, 1.807) is 36.4 Å². The maximum atomic E-state index is 13.1. The third-order valence-electron chi connectivity index (χ3n) is 5.08. The van der Waals surface area contributed by atoms with Gasteiger partial charge in [0.05, 0.1) is 16.0 Å². The summed E-state index contributed by atoms with van der Waals surface area (Å²) in [4.78, 5) is 30.7. The van der Waals surface area contributed by atoms with Crippen LogP contribution in [-0.4, -0.2) is 22.0 Å². The molecular weight excluding hydrogens is 540 g/mol. The van der Waals surface area contributed by atoms with Crippen LogP contribution in [-0.2, 0) is 4.79 Å². The maximum absolute atomic E-state index is 13.1. The van der Waals surface area contributed by atoms with Crippen molar-refractivity contribution < 1.29 is 14.0 Å². The number of anilines is 2. The fourth-order valence-corrected chi connectivity index (χ4v) is 5.51. The lowest BCUT2D eigenvalue weighted by atomic mass is 10.2. The summed E-state index contributed by atoms with van der Waals surface area (Å²) in [5, 5.41) is 8.63. The van der Waals surface area contributed by atoms with Gasteiger partial charge >= 0.3 is 0 Å². The molecule has 1 aromatic heterocycles. The first-order valence-electron chi connectivity index (χ1n) is 10.9. The van der Waals surface area contributed by atoms with E-state index in [2.05, 4.69) is 15.6 Å². The van der Waals surface area contributed by atoms with E-state index in [0.717, 1.165) is 10.5 Å². The number of amides is 2. The number of rotatable bonds is 8. The largest absolute Gasteiger partial charge is 0.322 e. The minimum Gasteiger partial charge on any atom is -0.322 e. The van der Waals surface area contributed by atoms with Gasteiger partial charge in [-0.3, -0.25) is 9.59 Å². The van der Waals surface area contributed by atoms with Crippen LogP contribution >= 0.6 is 46.3 Å². The molecule has 4 aromatic rings. The Morgan fingerprint density at radius 1 is 1.06 bits per heavy atom. The summed E-state index contributed by atoms with van der Waals surface area (Å²) in [6, 6.07) is 17.7. The van der Waals surface area contributed by atoms with Crippen LogP contribution in [0.25, 0.3) is 11.3 Å². The van der Waals surface area contributed by atoms with Gasteiger partial charge in [0.15, 0.2) is 5.13 Å². The predicted octanol–water partition coefficient (Wildman–Crippen LogP) is 8.02. The molecule has 2 N–H and O–H groups in total. The van der Waals surface area contributed by atoms with Gasteiger partial charge in [-0.2, -0.15) is 0 Å². The van der Waals surface area contributed by atoms with Gasteiger partial charge in [0.2, 0.25) is 5.91 Å². The van der Waals surface area contributed by atoms with Crippen molar-refractivity contribution in [1.82, 2.24) is 4.98 Å². The number of hydrogen-bond acceptors (Lipinski definition) is 5. The Kier molecular flexibility index (Phi) is 8.64. The van der Waals surface area contributed by atoms with Crippen LogP contribution in [0.15, 0.2) is 77.0 Å². The molecule has 1 heterocycles. The molecule has 1 atom stereocenters. The summed E-state index contributed by atoms with van der Waals surface area (Å²) in [7, 11) is 0. The maximum Gasteiger partial charge on any atom is 0.255 e. The average Bonchev–Trinajstić information content (AvgIpc) is 3.31. The summed E-state index contributed by atoms with van der Waals surface area (Å²) in [5.41, 5.74) is 2.32. The molecule has 0 aliphatic carbocycles. The third kappa shape index (κ3) is 6.64. The normalized spacial score (nSPS) is 11.7. The highest BCUT2D eigenvalue weighted by Crippen LogP contribution is 2.33. The molecule has 5 nitrogen and oxygen atoms in total. The van der Waals surface area contributed by atoms with Gasteiger partial charge in [-0.15, -0.1) is 23.1 Å². The molecule has 0 spiro atoms. The van der Waals surface area contributed by atoms with Crippen molar-refractivity contribution in [3.8, 4) is 11.3 Å². The minimum absolute atomic E-state index is 0.175. The van der Waals surface area contributed by atoms with Crippen molar-refractivity contribution in [2.24, 2.45) is 0 Å². The minimum atomic E-state index is -0.406. The van der Waals surface area contributed by atoms with E-state index >= 15 is 0 Å². The van der Waals surface area contributed by atoms with Crippen molar-refractivity contribution in [3.63, 3.8) is 0 Å². The first kappa shape index (κ1) is 26.2. The number of carbonyl (C=O) groups excluding carboxylic acids is 2. The van der Waals surface area contributed by atoms with E-state index in [1.165, 1.54) is 47.4 Å². The van der Waals surface area contributed by atoms with Crippen LogP contribution in [0.2, 0.25) is 10.0 Å². The molecule has 0 fully saturated rings. The molecule has 4 rings (SSSR count). The Balaban J connectivity index is 1.40. The Morgan fingerprint density at radius 2 is 1.83 bits per heavy atom. The van der Waals surface area contributed by atoms with Crippen LogP contribution in [0.1, 0.15) is 23.7 Å². The Labute approximate surface area is 226 Å². The molecule has 184 valence electrons. The molecule has 3 aromatic carbocycles. The number of carbonyl (C=O) groups is 2. The highest BCUT2D eigenvalue weighted by Gasteiger charge is 2.20. The standard InChI is InChI=1S/C26H20Cl2FN3O2S2/c1-2-23(25(34)32-26-31-22(14-35-26)20-11-8-16(27)12-21(20)28)36-19-5-3-4-18(13-19)30-24(33)15-6-9-17(29)10-7-15/h3-14,23H,2H2,1H3,(H,30,33)(H,31,32,34). The lowest BCUT2D eigenvalue weighted by Gasteiger charge is -2.14. The van der Waals surface area contributed by atoms with E-state index in [-0.39, 0.29) is 17.1 Å². The molecule has 2 amide bonds. The highest BCUT2D eigenvalue weighted by molar-refractivity contribution is 8.00. The number of hydrogen-bond donors (Lipinski definition) is 2. The molecule has 0 saturated heterocycles. The lowest BCUT2D eigenvalue weighted by Crippen LogP contribution is -2.24. The van der Waals surface area contributed by atoms with Gasteiger partial charge in [-0.1, -0.05) is 36.2 Å². The lowest BCUT2D eigenvalue weighted by molar-refractivity contribution is -0.115. The topological polar surface area (TPSA) is 71.1 Å². The molecule has 0 aliphatic heterocycles. The third-order valence-corrected chi connectivity index (χ3v) is 7.74. The van der Waals surface area contributed by atoms with E-state index in [9.17, 15) is 14.0 Å². The number of thioether (sulfide) groups is 1. The number of benzene rings is 3. The number of aromatic nitrogens is 1. The predicted molar refractivity (Wildman–Crippen MR) is 147 cm³/mol. The fraction of sp³-hybridized carbons (Fsp3) is 0.115. The molecule has 1 unspecified atom stereocenters. The zero-order valence-corrected chi connectivity index (χ0v) is 22.1. The first-order chi connectivity index (χ1) is 17.3. The van der Waals surface area contributed by atoms with Gasteiger partial charge in [-0.25, -0.2) is 9.37 Å². The van der Waals surface area contributed by atoms with Crippen molar-refractivity contribution >= 4 is 68.9 Å². The molecule has 0 saturated carbocycles. The zero-order chi connectivity index (χ0) is 25.7. The van der Waals surface area contributed by atoms with Gasteiger partial charge in [-0.05, 0) is 67.1 Å². The van der Waals surface area contributed by atoms with Crippen LogP contribution in [0.3, 0.4) is 0 Å². The summed E-state index contributed by atoms with van der Waals surface area (Å²) in [6.45, 7) is 1.93. The first-order valence-corrected chi connectivity index (χ1v) is 13.4. The Morgan fingerprint density at radius 3 is 2.56 bits per heavy atom. The van der Waals surface area contributed by atoms with Crippen molar-refractivity contribution in [2.45, 2.75) is 23.5 Å². The van der Waals surface area contributed by atoms with Gasteiger partial charge < -0.3 is 10.6 Å². The number of thiazole rings is 1. The van der Waals surface area contributed by atoms with Gasteiger partial charge in [0, 0.05) is 32.1 Å². The second kappa shape index (κ2) is 11.9. The van der Waals surface area contributed by atoms with Crippen molar-refractivity contribution in [3.05, 3.63) is 93.5 Å². The molecule has 10 heteroatoms. The summed E-state index contributed by atoms with van der Waals surface area (Å²) < 4.78 is 13.1. The summed E-state index contributed by atoms with van der Waals surface area (Å²) in [6.07, 6.45) is 0.587. The summed E-state index contributed by atoms with van der Waals surface area (Å²) >= 11 is 14.9. The van der Waals surface area contributed by atoms with Crippen LogP contribution in [0.4, 0.5) is 15.2 Å². The van der Waals surface area contributed by atoms with Crippen molar-refractivity contribution in [1.29, 1.82) is 0 Å². The van der Waals surface area contributed by atoms with Crippen LogP contribution in [0, 0.1) is 5.82 Å². The average molecular weight is 561 g/mol. The van der Waals surface area contributed by atoms with Gasteiger partial charge in [0.1, 0.15) is 5.82 Å². The van der Waals surface area contributed by atoms with E-state index in [0.29, 0.717) is 38.5 Å². The second-order valence-electron chi connectivity index (χ2n) is 7.65. The SMILES string of the molecule is CCC(Sc1cccc(NC(=O)c2ccc(F)cc2)c1)C(=O)Nc1nc(-c2ccc(Cl)cc2Cl)cs1. The zero-order valence-electron chi connectivity index (χ0n) is 18.9. The summed E-state index contributed by atoms with van der Waals surface area (Å²) in [5.74, 6) is -0.926. The monoisotopic (exact) mass is 559 g/mol. The second-order valence-corrected chi connectivity index (χ2v) is 10.6. The Hall–Kier alpha value is -2.91. The molecule has 0 aliphatic rings. The number of nitrogens with one attached hydrogen (secondary N) is 2.